The second kappa shape index (κ2) is 6.17. The van der Waals surface area contributed by atoms with Gasteiger partial charge in [0.05, 0.1) is 16.1 Å². The van der Waals surface area contributed by atoms with Crippen LogP contribution in [0.2, 0.25) is 10.0 Å². The number of halogens is 2. The highest BCUT2D eigenvalue weighted by Gasteiger charge is 2.42. The van der Waals surface area contributed by atoms with E-state index in [0.29, 0.717) is 14.9 Å². The summed E-state index contributed by atoms with van der Waals surface area (Å²) in [5, 5.41) is 7.65. The van der Waals surface area contributed by atoms with Crippen LogP contribution in [-0.2, 0) is 0 Å². The van der Waals surface area contributed by atoms with Crippen LogP contribution in [0.1, 0.15) is 50.2 Å². The average molecular weight is 386 g/mol. The predicted molar refractivity (Wildman–Crippen MR) is 102 cm³/mol. The van der Waals surface area contributed by atoms with Crippen LogP contribution in [0.3, 0.4) is 0 Å². The minimum atomic E-state index is -0.0872. The molecule has 3 nitrogen and oxygen atoms in total. The van der Waals surface area contributed by atoms with Gasteiger partial charge >= 0.3 is 0 Å². The number of carbonyl (C=O) groups is 1. The van der Waals surface area contributed by atoms with Crippen LogP contribution in [0.15, 0.2) is 18.2 Å². The van der Waals surface area contributed by atoms with Gasteiger partial charge in [-0.05, 0) is 39.8 Å². The Morgan fingerprint density at radius 1 is 1.21 bits per heavy atom. The van der Waals surface area contributed by atoms with E-state index in [1.807, 2.05) is 12.1 Å². The van der Waals surface area contributed by atoms with Gasteiger partial charge in [-0.2, -0.15) is 0 Å². The fraction of sp³-hybridized carbons (Fsp3) is 0.500. The van der Waals surface area contributed by atoms with Crippen LogP contribution in [0.25, 0.3) is 10.1 Å². The number of carbonyl (C=O) groups excluding carboxylic acids is 1. The Bertz CT molecular complexity index is 782. The first-order chi connectivity index (χ1) is 11.1. The number of hydrogen-bond donors (Lipinski definition) is 2. The molecule has 1 fully saturated rings. The van der Waals surface area contributed by atoms with Gasteiger partial charge in [0.25, 0.3) is 5.91 Å². The summed E-state index contributed by atoms with van der Waals surface area (Å²) in [6.07, 6.45) is 1.88. The van der Waals surface area contributed by atoms with E-state index < -0.39 is 0 Å². The van der Waals surface area contributed by atoms with Crippen molar-refractivity contribution < 1.29 is 10.1 Å². The molecule has 0 saturated carbocycles. The summed E-state index contributed by atoms with van der Waals surface area (Å²) in [5.74, 6) is -0.0872. The van der Waals surface area contributed by atoms with Gasteiger partial charge in [0, 0.05) is 34.0 Å². The number of quaternary nitrogens is 1. The molecule has 0 unspecified atom stereocenters. The lowest BCUT2D eigenvalue weighted by Crippen LogP contribution is -3.06. The van der Waals surface area contributed by atoms with Gasteiger partial charge in [-0.1, -0.05) is 29.3 Å². The third kappa shape index (κ3) is 3.72. The van der Waals surface area contributed by atoms with E-state index in [0.717, 1.165) is 22.9 Å². The molecule has 6 heteroatoms. The molecular formula is C18H23Cl2N2OS+. The summed E-state index contributed by atoms with van der Waals surface area (Å²) in [6, 6.07) is 5.67. The Balaban J connectivity index is 1.84. The van der Waals surface area contributed by atoms with Gasteiger partial charge in [0.2, 0.25) is 0 Å². The molecule has 1 amide bonds. The standard InChI is InChI=1S/C18H22Cl2N2OS/c1-17(2)8-11(9-18(3,4)22-17)21-16(23)15-14(20)12-6-5-10(19)7-13(12)24-15/h5-7,11,22H,8-9H2,1-4H3,(H,21,23)/p+1. The summed E-state index contributed by atoms with van der Waals surface area (Å²) in [4.78, 5) is 13.4. The van der Waals surface area contributed by atoms with Crippen LogP contribution in [0.4, 0.5) is 0 Å². The predicted octanol–water partition coefficient (Wildman–Crippen LogP) is 4.22. The molecule has 3 rings (SSSR count). The molecule has 130 valence electrons. The number of nitrogens with two attached hydrogens (primary N) is 1. The molecule has 2 aromatic rings. The van der Waals surface area contributed by atoms with E-state index in [1.54, 1.807) is 6.07 Å². The fourth-order valence-electron chi connectivity index (χ4n) is 4.06. The third-order valence-corrected chi connectivity index (χ3v) is 6.35. The number of hydrogen-bond acceptors (Lipinski definition) is 2. The zero-order valence-corrected chi connectivity index (χ0v) is 16.7. The van der Waals surface area contributed by atoms with Crippen molar-refractivity contribution in [2.45, 2.75) is 57.7 Å². The summed E-state index contributed by atoms with van der Waals surface area (Å²) in [5.41, 5.74) is 0.217. The monoisotopic (exact) mass is 385 g/mol. The maximum absolute atomic E-state index is 12.8. The minimum absolute atomic E-state index is 0.0872. The Morgan fingerprint density at radius 2 is 1.83 bits per heavy atom. The number of piperidine rings is 1. The number of nitrogens with one attached hydrogen (secondary N) is 1. The maximum atomic E-state index is 12.8. The van der Waals surface area contributed by atoms with Crippen LogP contribution < -0.4 is 10.6 Å². The molecule has 0 aliphatic carbocycles. The molecule has 0 radical (unpaired) electrons. The molecule has 0 bridgehead atoms. The Hall–Kier alpha value is -0.810. The molecule has 1 saturated heterocycles. The molecule has 1 aliphatic rings. The minimum Gasteiger partial charge on any atom is -0.348 e. The molecule has 1 aliphatic heterocycles. The molecule has 0 spiro atoms. The zero-order chi connectivity index (χ0) is 17.7. The highest BCUT2D eigenvalue weighted by Crippen LogP contribution is 2.37. The third-order valence-electron chi connectivity index (χ3n) is 4.46. The van der Waals surface area contributed by atoms with Crippen LogP contribution >= 0.6 is 34.5 Å². The molecule has 1 aromatic heterocycles. The number of rotatable bonds is 2. The van der Waals surface area contributed by atoms with E-state index in [2.05, 4.69) is 38.3 Å². The van der Waals surface area contributed by atoms with Crippen LogP contribution in [-0.4, -0.2) is 23.0 Å². The average Bonchev–Trinajstić information content (AvgIpc) is 2.71. The normalized spacial score (nSPS) is 20.2. The Labute approximate surface area is 156 Å². The Kier molecular flexibility index (Phi) is 4.63. The van der Waals surface area contributed by atoms with Crippen molar-refractivity contribution >= 4 is 50.5 Å². The van der Waals surface area contributed by atoms with Gasteiger partial charge < -0.3 is 10.6 Å². The largest absolute Gasteiger partial charge is 0.348 e. The van der Waals surface area contributed by atoms with Gasteiger partial charge in [0.15, 0.2) is 0 Å². The van der Waals surface area contributed by atoms with Crippen molar-refractivity contribution in [1.82, 2.24) is 5.32 Å². The number of fused-ring (bicyclic) bond motifs is 1. The molecule has 24 heavy (non-hydrogen) atoms. The lowest BCUT2D eigenvalue weighted by atomic mass is 9.79. The quantitative estimate of drug-likeness (QED) is 0.798. The van der Waals surface area contributed by atoms with Gasteiger partial charge in [0.1, 0.15) is 4.88 Å². The van der Waals surface area contributed by atoms with Gasteiger partial charge in [-0.3, -0.25) is 4.79 Å². The first kappa shape index (κ1) is 18.0. The summed E-state index contributed by atoms with van der Waals surface area (Å²) in [6.45, 7) is 8.89. The highest BCUT2D eigenvalue weighted by atomic mass is 35.5. The van der Waals surface area contributed by atoms with Crippen molar-refractivity contribution in [2.75, 3.05) is 0 Å². The molecular weight excluding hydrogens is 363 g/mol. The lowest BCUT2D eigenvalue weighted by molar-refractivity contribution is -0.787. The van der Waals surface area contributed by atoms with E-state index in [-0.39, 0.29) is 23.0 Å². The smallest absolute Gasteiger partial charge is 0.263 e. The molecule has 0 atom stereocenters. The molecule has 1 aromatic carbocycles. The van der Waals surface area contributed by atoms with Crippen molar-refractivity contribution in [3.63, 3.8) is 0 Å². The zero-order valence-electron chi connectivity index (χ0n) is 14.4. The first-order valence-electron chi connectivity index (χ1n) is 8.12. The van der Waals surface area contributed by atoms with Crippen molar-refractivity contribution in [3.05, 3.63) is 33.1 Å². The van der Waals surface area contributed by atoms with E-state index in [1.165, 1.54) is 11.3 Å². The van der Waals surface area contributed by atoms with E-state index >= 15 is 0 Å². The van der Waals surface area contributed by atoms with E-state index in [4.69, 9.17) is 23.2 Å². The number of benzene rings is 1. The SMILES string of the molecule is CC1(C)CC(NC(=O)c2sc3cc(Cl)ccc3c2Cl)CC(C)(C)[NH2+]1. The molecule has 3 N–H and O–H groups in total. The molecule has 2 heterocycles. The Morgan fingerprint density at radius 3 is 2.46 bits per heavy atom. The number of amides is 1. The second-order valence-electron chi connectivity index (χ2n) is 8.09. The number of thiophene rings is 1. The van der Waals surface area contributed by atoms with Gasteiger partial charge in [-0.15, -0.1) is 11.3 Å². The fourth-order valence-corrected chi connectivity index (χ4v) is 5.75. The lowest BCUT2D eigenvalue weighted by Gasteiger charge is -2.43. The van der Waals surface area contributed by atoms with Crippen LogP contribution in [0.5, 0.6) is 0 Å². The summed E-state index contributed by atoms with van der Waals surface area (Å²) in [7, 11) is 0. The second-order valence-corrected chi connectivity index (χ2v) is 9.95. The summed E-state index contributed by atoms with van der Waals surface area (Å²) < 4.78 is 0.940. The van der Waals surface area contributed by atoms with Crippen molar-refractivity contribution in [3.8, 4) is 0 Å². The first-order valence-corrected chi connectivity index (χ1v) is 9.69. The van der Waals surface area contributed by atoms with Gasteiger partial charge in [-0.25, -0.2) is 0 Å². The van der Waals surface area contributed by atoms with E-state index in [9.17, 15) is 4.79 Å². The van der Waals surface area contributed by atoms with Crippen molar-refractivity contribution in [1.29, 1.82) is 0 Å². The topological polar surface area (TPSA) is 45.7 Å². The summed E-state index contributed by atoms with van der Waals surface area (Å²) >= 11 is 13.9. The van der Waals surface area contributed by atoms with Crippen LogP contribution in [0, 0.1) is 0 Å². The van der Waals surface area contributed by atoms with Crippen molar-refractivity contribution in [2.24, 2.45) is 0 Å². The maximum Gasteiger partial charge on any atom is 0.263 e. The highest BCUT2D eigenvalue weighted by molar-refractivity contribution is 7.21.